The maximum atomic E-state index is 13.2. The average molecular weight is 520 g/mol. The summed E-state index contributed by atoms with van der Waals surface area (Å²) in [4.78, 5) is 49.9. The molecule has 0 aliphatic carbocycles. The lowest BCUT2D eigenvalue weighted by Gasteiger charge is -2.49. The van der Waals surface area contributed by atoms with Crippen molar-refractivity contribution in [2.75, 3.05) is 40.1 Å². The van der Waals surface area contributed by atoms with E-state index in [1.54, 1.807) is 57.6 Å². The van der Waals surface area contributed by atoms with E-state index in [1.807, 2.05) is 0 Å². The van der Waals surface area contributed by atoms with Crippen LogP contribution >= 0.6 is 11.8 Å². The number of ether oxygens (including phenoxy) is 2. The highest BCUT2D eigenvalue weighted by atomic mass is 32.2. The van der Waals surface area contributed by atoms with E-state index in [9.17, 15) is 24.3 Å². The molecule has 36 heavy (non-hydrogen) atoms. The number of nitrogens with one attached hydrogen (secondary N) is 1. The third-order valence-electron chi connectivity index (χ3n) is 6.21. The summed E-state index contributed by atoms with van der Waals surface area (Å²) in [5.41, 5.74) is 6.86. The molecule has 11 nitrogen and oxygen atoms in total. The zero-order chi connectivity index (χ0) is 26.5. The van der Waals surface area contributed by atoms with Gasteiger partial charge in [-0.2, -0.15) is 0 Å². The number of amides is 3. The number of esters is 1. The topological polar surface area (TPSA) is 148 Å². The Morgan fingerprint density at radius 3 is 2.61 bits per heavy atom. The van der Waals surface area contributed by atoms with Crippen LogP contribution < -0.4 is 15.8 Å². The lowest BCUT2D eigenvalue weighted by molar-refractivity contribution is -0.900. The lowest BCUT2D eigenvalue weighted by atomic mass is 10.0. The summed E-state index contributed by atoms with van der Waals surface area (Å²) >= 11 is 1.42. The molecule has 0 unspecified atom stereocenters. The Morgan fingerprint density at radius 2 is 2.03 bits per heavy atom. The van der Waals surface area contributed by atoms with E-state index in [0.29, 0.717) is 30.0 Å². The van der Waals surface area contributed by atoms with E-state index in [1.165, 1.54) is 16.7 Å². The molecule has 12 heteroatoms. The van der Waals surface area contributed by atoms with Gasteiger partial charge in [0.15, 0.2) is 6.04 Å². The third kappa shape index (κ3) is 5.72. The largest absolute Gasteiger partial charge is 0.497 e. The maximum Gasteiger partial charge on any atom is 0.355 e. The fourth-order valence-electron chi connectivity index (χ4n) is 4.04. The van der Waals surface area contributed by atoms with E-state index >= 15 is 0 Å². The zero-order valence-electron chi connectivity index (χ0n) is 20.4. The van der Waals surface area contributed by atoms with Gasteiger partial charge in [-0.1, -0.05) is 18.2 Å². The van der Waals surface area contributed by atoms with E-state index < -0.39 is 41.8 Å². The van der Waals surface area contributed by atoms with Gasteiger partial charge >= 0.3 is 5.97 Å². The number of β-lactam (4-membered cyclic amide) rings is 1. The van der Waals surface area contributed by atoms with Gasteiger partial charge in [-0.25, -0.2) is 4.79 Å². The van der Waals surface area contributed by atoms with Crippen LogP contribution in [0.5, 0.6) is 5.75 Å². The predicted molar refractivity (Wildman–Crippen MR) is 132 cm³/mol. The standard InChI is InChI=1S/C24H30N4O7S/c1-28(2,18(11-29)21(25)31)10-4-5-16-13-36-23-19(26-14-30)22(32)27(23)20(16)24(33)35-12-15-6-8-17(34-3)9-7-15/h4-9,14,18-19,23,29H,10-13H2,1-3H3,(H2-,25,26,30,31)/p+1/b5-4+/t18-,19-,23-/m1/s1. The number of nitrogens with two attached hydrogens (primary N) is 1. The molecule has 0 saturated carbocycles. The fourth-order valence-corrected chi connectivity index (χ4v) is 5.37. The maximum absolute atomic E-state index is 13.2. The third-order valence-corrected chi connectivity index (χ3v) is 7.51. The Balaban J connectivity index is 1.83. The van der Waals surface area contributed by atoms with Gasteiger partial charge in [-0.15, -0.1) is 11.8 Å². The number of benzene rings is 1. The number of fused-ring (bicyclic) bond motifs is 1. The molecular weight excluding hydrogens is 488 g/mol. The van der Waals surface area contributed by atoms with E-state index in [0.717, 1.165) is 5.56 Å². The van der Waals surface area contributed by atoms with Gasteiger partial charge in [0.25, 0.3) is 11.8 Å². The summed E-state index contributed by atoms with van der Waals surface area (Å²) in [6.45, 7) is -0.0597. The quantitative estimate of drug-likeness (QED) is 0.145. The normalized spacial score (nSPS) is 20.4. The molecule has 0 radical (unpaired) electrons. The smallest absolute Gasteiger partial charge is 0.355 e. The summed E-state index contributed by atoms with van der Waals surface area (Å²) < 4.78 is 10.8. The van der Waals surface area contributed by atoms with Crippen LogP contribution in [0.3, 0.4) is 0 Å². The van der Waals surface area contributed by atoms with E-state index in [4.69, 9.17) is 15.2 Å². The molecule has 1 saturated heterocycles. The van der Waals surface area contributed by atoms with Crippen LogP contribution in [0.25, 0.3) is 0 Å². The molecule has 0 bridgehead atoms. The van der Waals surface area contributed by atoms with Crippen molar-refractivity contribution in [3.63, 3.8) is 0 Å². The number of hydrogen-bond donors (Lipinski definition) is 3. The molecule has 3 amide bonds. The van der Waals surface area contributed by atoms with Crippen molar-refractivity contribution in [2.24, 2.45) is 5.73 Å². The molecule has 4 N–H and O–H groups in total. The molecule has 1 fully saturated rings. The molecular formula is C24H31N4O7S+. The summed E-state index contributed by atoms with van der Waals surface area (Å²) in [5, 5.41) is 11.6. The van der Waals surface area contributed by atoms with Crippen molar-refractivity contribution in [2.45, 2.75) is 24.1 Å². The van der Waals surface area contributed by atoms with Crippen molar-refractivity contribution in [3.8, 4) is 5.75 Å². The number of quaternary nitrogens is 1. The van der Waals surface area contributed by atoms with Crippen LogP contribution in [0, 0.1) is 0 Å². The number of allylic oxidation sites excluding steroid dienone is 1. The number of nitrogens with zero attached hydrogens (tertiary/aromatic N) is 2. The number of hydrogen-bond acceptors (Lipinski definition) is 8. The first kappa shape index (κ1) is 27.2. The number of likely N-dealkylation sites (N-methyl/N-ethyl adjacent to an activating group) is 1. The second-order valence-corrected chi connectivity index (χ2v) is 10.0. The van der Waals surface area contributed by atoms with Crippen molar-refractivity contribution in [3.05, 3.63) is 53.3 Å². The molecule has 2 aliphatic rings. The Hall–Kier alpha value is -3.35. The molecule has 1 aromatic rings. The molecule has 1 aromatic carbocycles. The molecule has 2 heterocycles. The number of methoxy groups -OCH3 is 1. The first-order valence-corrected chi connectivity index (χ1v) is 12.3. The SMILES string of the molecule is COc1ccc(COC(=O)C2=C(/C=C/C[N+](C)(C)[C@H](CO)C(N)=O)CS[C@@H]3[C@H](NC=O)C(=O)N23)cc1. The molecule has 0 aromatic heterocycles. The highest BCUT2D eigenvalue weighted by Crippen LogP contribution is 2.41. The first-order chi connectivity index (χ1) is 17.1. The summed E-state index contributed by atoms with van der Waals surface area (Å²) in [7, 11) is 5.08. The van der Waals surface area contributed by atoms with Crippen LogP contribution in [0.4, 0.5) is 0 Å². The second-order valence-electron chi connectivity index (χ2n) is 8.93. The number of rotatable bonds is 12. The number of aliphatic hydroxyl groups is 1. The number of primary amides is 1. The zero-order valence-corrected chi connectivity index (χ0v) is 21.2. The molecule has 0 spiro atoms. The van der Waals surface area contributed by atoms with Crippen molar-refractivity contribution >= 4 is 36.0 Å². The van der Waals surface area contributed by atoms with Crippen LogP contribution in [0.15, 0.2) is 47.7 Å². The van der Waals surface area contributed by atoms with Gasteiger partial charge < -0.3 is 30.1 Å². The Morgan fingerprint density at radius 1 is 1.33 bits per heavy atom. The van der Waals surface area contributed by atoms with E-state index in [-0.39, 0.29) is 16.8 Å². The van der Waals surface area contributed by atoms with Crippen molar-refractivity contribution in [1.82, 2.24) is 10.2 Å². The summed E-state index contributed by atoms with van der Waals surface area (Å²) in [5.74, 6) is -0.594. The van der Waals surface area contributed by atoms with E-state index in [2.05, 4.69) is 5.32 Å². The molecule has 194 valence electrons. The monoisotopic (exact) mass is 519 g/mol. The Labute approximate surface area is 213 Å². The van der Waals surface area contributed by atoms with Crippen LogP contribution in [0.2, 0.25) is 0 Å². The minimum absolute atomic E-state index is 0.000109. The Kier molecular flexibility index (Phi) is 8.77. The highest BCUT2D eigenvalue weighted by Gasteiger charge is 2.53. The first-order valence-electron chi connectivity index (χ1n) is 11.2. The number of carbonyl (C=O) groups is 4. The van der Waals surface area contributed by atoms with Crippen molar-refractivity contribution < 1.29 is 38.2 Å². The number of aliphatic hydroxyl groups excluding tert-OH is 1. The minimum atomic E-state index is -0.796. The van der Waals surface area contributed by atoms with Gasteiger partial charge in [0, 0.05) is 5.75 Å². The molecule has 3 rings (SSSR count). The lowest BCUT2D eigenvalue weighted by Crippen LogP contribution is -2.69. The molecule has 2 aliphatic heterocycles. The number of thioether (sulfide) groups is 1. The highest BCUT2D eigenvalue weighted by molar-refractivity contribution is 8.00. The van der Waals surface area contributed by atoms with Crippen LogP contribution in [0.1, 0.15) is 5.56 Å². The summed E-state index contributed by atoms with van der Waals surface area (Å²) in [6, 6.07) is 5.55. The second kappa shape index (κ2) is 11.6. The van der Waals surface area contributed by atoms with Gasteiger partial charge in [0.2, 0.25) is 6.41 Å². The minimum Gasteiger partial charge on any atom is -0.497 e. The van der Waals surface area contributed by atoms with Gasteiger partial charge in [0.1, 0.15) is 36.1 Å². The average Bonchev–Trinajstić information content (AvgIpc) is 2.85. The van der Waals surface area contributed by atoms with Crippen LogP contribution in [-0.4, -0.2) is 96.3 Å². The predicted octanol–water partition coefficient (Wildman–Crippen LogP) is -0.499. The molecule has 3 atom stereocenters. The summed E-state index contributed by atoms with van der Waals surface area (Å²) in [6.07, 6.45) is 3.96. The van der Waals surface area contributed by atoms with Crippen LogP contribution in [-0.2, 0) is 30.5 Å². The van der Waals surface area contributed by atoms with Gasteiger partial charge in [-0.3, -0.25) is 19.3 Å². The van der Waals surface area contributed by atoms with Gasteiger partial charge in [-0.05, 0) is 29.3 Å². The van der Waals surface area contributed by atoms with Crippen molar-refractivity contribution in [1.29, 1.82) is 0 Å². The number of carbonyl (C=O) groups excluding carboxylic acids is 4. The fraction of sp³-hybridized carbons (Fsp3) is 0.417. The van der Waals surface area contributed by atoms with Gasteiger partial charge in [0.05, 0.1) is 27.7 Å². The Bertz CT molecular complexity index is 1070.